The zero-order valence-electron chi connectivity index (χ0n) is 12.6. The minimum absolute atomic E-state index is 0.582. The molecule has 1 heterocycles. The largest absolute Gasteiger partial charge is 0.493 e. The minimum atomic E-state index is 0.582. The molecule has 2 nitrogen and oxygen atoms in total. The molecular formula is C17H25NO. The van der Waals surface area contributed by atoms with E-state index in [1.165, 1.54) is 16.9 Å². The van der Waals surface area contributed by atoms with E-state index < -0.39 is 0 Å². The van der Waals surface area contributed by atoms with Gasteiger partial charge in [0.15, 0.2) is 0 Å². The zero-order chi connectivity index (χ0) is 14.0. The summed E-state index contributed by atoms with van der Waals surface area (Å²) in [7, 11) is 2.09. The van der Waals surface area contributed by atoms with Gasteiger partial charge < -0.3 is 9.64 Å². The second-order valence-electron chi connectivity index (χ2n) is 5.95. The molecule has 0 bridgehead atoms. The van der Waals surface area contributed by atoms with E-state index in [-0.39, 0.29) is 0 Å². The highest BCUT2D eigenvalue weighted by Gasteiger charge is 2.17. The zero-order valence-corrected chi connectivity index (χ0v) is 12.6. The van der Waals surface area contributed by atoms with Crippen LogP contribution in [0.25, 0.3) is 0 Å². The van der Waals surface area contributed by atoms with Crippen LogP contribution in [-0.4, -0.2) is 13.7 Å². The standard InChI is InChI=1S/C17H25NO/c1-12(2)13(3)11-19-16-8-9-17-15(10-16)7-6-14(4)18(17)5/h8-10,12-13H,4,6-7,11H2,1-3,5H3. The number of benzene rings is 1. The van der Waals surface area contributed by atoms with Crippen molar-refractivity contribution in [1.29, 1.82) is 0 Å². The van der Waals surface area contributed by atoms with Gasteiger partial charge in [0.25, 0.3) is 0 Å². The Morgan fingerprint density at radius 2 is 2.00 bits per heavy atom. The Kier molecular flexibility index (Phi) is 4.18. The number of nitrogens with zero attached hydrogens (tertiary/aromatic N) is 1. The predicted octanol–water partition coefficient (Wildman–Crippen LogP) is 4.25. The van der Waals surface area contributed by atoms with Crippen molar-refractivity contribution in [3.8, 4) is 5.75 Å². The summed E-state index contributed by atoms with van der Waals surface area (Å²) in [6, 6.07) is 6.40. The Bertz CT molecular complexity index is 464. The third-order valence-electron chi connectivity index (χ3n) is 4.22. The maximum Gasteiger partial charge on any atom is 0.119 e. The molecule has 0 saturated carbocycles. The number of hydrogen-bond donors (Lipinski definition) is 0. The van der Waals surface area contributed by atoms with Gasteiger partial charge >= 0.3 is 0 Å². The van der Waals surface area contributed by atoms with Gasteiger partial charge in [-0.1, -0.05) is 27.4 Å². The topological polar surface area (TPSA) is 12.5 Å². The van der Waals surface area contributed by atoms with Gasteiger partial charge in [0, 0.05) is 18.4 Å². The summed E-state index contributed by atoms with van der Waals surface area (Å²) in [6.45, 7) is 11.6. The third-order valence-corrected chi connectivity index (χ3v) is 4.22. The van der Waals surface area contributed by atoms with E-state index in [1.807, 2.05) is 0 Å². The lowest BCUT2D eigenvalue weighted by atomic mass is 9.99. The van der Waals surface area contributed by atoms with Gasteiger partial charge in [0.05, 0.1) is 6.61 Å². The summed E-state index contributed by atoms with van der Waals surface area (Å²) in [6.07, 6.45) is 2.10. The highest BCUT2D eigenvalue weighted by atomic mass is 16.5. The number of ether oxygens (including phenoxy) is 1. The Labute approximate surface area is 117 Å². The van der Waals surface area contributed by atoms with Gasteiger partial charge in [0.2, 0.25) is 0 Å². The third kappa shape index (κ3) is 3.12. The maximum atomic E-state index is 5.92. The average molecular weight is 259 g/mol. The number of rotatable bonds is 4. The van der Waals surface area contributed by atoms with E-state index in [1.54, 1.807) is 0 Å². The van der Waals surface area contributed by atoms with Crippen LogP contribution < -0.4 is 9.64 Å². The van der Waals surface area contributed by atoms with Crippen LogP contribution in [0.3, 0.4) is 0 Å². The Balaban J connectivity index is 2.07. The normalized spacial score (nSPS) is 16.5. The highest BCUT2D eigenvalue weighted by Crippen LogP contribution is 2.33. The first kappa shape index (κ1) is 14.0. The van der Waals surface area contributed by atoms with Crippen molar-refractivity contribution in [2.45, 2.75) is 33.6 Å². The van der Waals surface area contributed by atoms with E-state index in [2.05, 4.69) is 57.5 Å². The molecule has 0 spiro atoms. The van der Waals surface area contributed by atoms with Crippen LogP contribution in [0.15, 0.2) is 30.5 Å². The molecule has 0 amide bonds. The molecule has 0 aromatic heterocycles. The van der Waals surface area contributed by atoms with Crippen LogP contribution in [0, 0.1) is 11.8 Å². The molecule has 1 unspecified atom stereocenters. The van der Waals surface area contributed by atoms with Gasteiger partial charge in [0.1, 0.15) is 5.75 Å². The molecular weight excluding hydrogens is 234 g/mol. The summed E-state index contributed by atoms with van der Waals surface area (Å²) < 4.78 is 5.92. The lowest BCUT2D eigenvalue weighted by Crippen LogP contribution is -2.22. The van der Waals surface area contributed by atoms with Gasteiger partial charge in [-0.15, -0.1) is 0 Å². The second kappa shape index (κ2) is 5.68. The van der Waals surface area contributed by atoms with Crippen molar-refractivity contribution in [3.05, 3.63) is 36.0 Å². The monoisotopic (exact) mass is 259 g/mol. The SMILES string of the molecule is C=C1CCc2cc(OCC(C)C(C)C)ccc2N1C. The molecule has 1 aromatic carbocycles. The maximum absolute atomic E-state index is 5.92. The first-order valence-corrected chi connectivity index (χ1v) is 7.16. The Morgan fingerprint density at radius 1 is 1.26 bits per heavy atom. The summed E-state index contributed by atoms with van der Waals surface area (Å²) in [5, 5.41) is 0. The lowest BCUT2D eigenvalue weighted by Gasteiger charge is -2.30. The van der Waals surface area contributed by atoms with Gasteiger partial charge in [-0.05, 0) is 48.4 Å². The number of aryl methyl sites for hydroxylation is 1. The molecule has 0 saturated heterocycles. The molecule has 0 radical (unpaired) electrons. The number of allylic oxidation sites excluding steroid dienone is 1. The summed E-state index contributed by atoms with van der Waals surface area (Å²) in [5.74, 6) is 2.23. The molecule has 1 atom stereocenters. The minimum Gasteiger partial charge on any atom is -0.493 e. The average Bonchev–Trinajstić information content (AvgIpc) is 2.40. The highest BCUT2D eigenvalue weighted by molar-refractivity contribution is 5.61. The smallest absolute Gasteiger partial charge is 0.119 e. The molecule has 104 valence electrons. The van der Waals surface area contributed by atoms with Gasteiger partial charge in [-0.3, -0.25) is 0 Å². The van der Waals surface area contributed by atoms with E-state index in [9.17, 15) is 0 Å². The van der Waals surface area contributed by atoms with Crippen molar-refractivity contribution >= 4 is 5.69 Å². The van der Waals surface area contributed by atoms with E-state index in [0.717, 1.165) is 25.2 Å². The second-order valence-corrected chi connectivity index (χ2v) is 5.95. The molecule has 0 fully saturated rings. The molecule has 1 aromatic rings. The van der Waals surface area contributed by atoms with Crippen LogP contribution in [0.5, 0.6) is 5.75 Å². The van der Waals surface area contributed by atoms with Crippen molar-refractivity contribution in [2.75, 3.05) is 18.6 Å². The first-order chi connectivity index (χ1) is 8.99. The molecule has 2 rings (SSSR count). The quantitative estimate of drug-likeness (QED) is 0.801. The lowest BCUT2D eigenvalue weighted by molar-refractivity contribution is 0.223. The van der Waals surface area contributed by atoms with Crippen LogP contribution >= 0.6 is 0 Å². The molecule has 2 heteroatoms. The summed E-state index contributed by atoms with van der Waals surface area (Å²) in [4.78, 5) is 2.18. The predicted molar refractivity (Wildman–Crippen MR) is 81.8 cm³/mol. The van der Waals surface area contributed by atoms with Crippen LogP contribution in [-0.2, 0) is 6.42 Å². The van der Waals surface area contributed by atoms with Gasteiger partial charge in [-0.2, -0.15) is 0 Å². The fraction of sp³-hybridized carbons (Fsp3) is 0.529. The fourth-order valence-corrected chi connectivity index (χ4v) is 2.22. The fourth-order valence-electron chi connectivity index (χ4n) is 2.22. The number of fused-ring (bicyclic) bond motifs is 1. The van der Waals surface area contributed by atoms with E-state index in [0.29, 0.717) is 11.8 Å². The summed E-state index contributed by atoms with van der Waals surface area (Å²) in [5.41, 5.74) is 3.82. The van der Waals surface area contributed by atoms with Crippen molar-refractivity contribution in [2.24, 2.45) is 11.8 Å². The molecule has 1 aliphatic rings. The Morgan fingerprint density at radius 3 is 2.68 bits per heavy atom. The van der Waals surface area contributed by atoms with E-state index in [4.69, 9.17) is 4.74 Å². The van der Waals surface area contributed by atoms with Gasteiger partial charge in [-0.25, -0.2) is 0 Å². The molecule has 1 aliphatic heterocycles. The van der Waals surface area contributed by atoms with Crippen LogP contribution in [0.2, 0.25) is 0 Å². The first-order valence-electron chi connectivity index (χ1n) is 7.16. The molecule has 19 heavy (non-hydrogen) atoms. The number of hydrogen-bond acceptors (Lipinski definition) is 2. The van der Waals surface area contributed by atoms with Crippen LogP contribution in [0.4, 0.5) is 5.69 Å². The van der Waals surface area contributed by atoms with Crippen molar-refractivity contribution in [3.63, 3.8) is 0 Å². The van der Waals surface area contributed by atoms with Crippen LogP contribution in [0.1, 0.15) is 32.8 Å². The Hall–Kier alpha value is -1.44. The van der Waals surface area contributed by atoms with Crippen molar-refractivity contribution < 1.29 is 4.74 Å². The number of anilines is 1. The molecule has 0 N–H and O–H groups in total. The summed E-state index contributed by atoms with van der Waals surface area (Å²) >= 11 is 0. The van der Waals surface area contributed by atoms with Crippen molar-refractivity contribution in [1.82, 2.24) is 0 Å². The molecule has 0 aliphatic carbocycles. The van der Waals surface area contributed by atoms with E-state index >= 15 is 0 Å².